The summed E-state index contributed by atoms with van der Waals surface area (Å²) >= 11 is 0. The van der Waals surface area contributed by atoms with Gasteiger partial charge in [0.05, 0.1) is 0 Å². The van der Waals surface area contributed by atoms with Gasteiger partial charge in [-0.2, -0.15) is 4.98 Å². The van der Waals surface area contributed by atoms with E-state index >= 15 is 0 Å². The van der Waals surface area contributed by atoms with E-state index < -0.39 is 5.60 Å². The summed E-state index contributed by atoms with van der Waals surface area (Å²) in [6.45, 7) is 13.0. The quantitative estimate of drug-likeness (QED) is 0.181. The lowest BCUT2D eigenvalue weighted by Crippen LogP contribution is -2.49. The summed E-state index contributed by atoms with van der Waals surface area (Å²) in [6, 6.07) is 28.3. The fourth-order valence-corrected chi connectivity index (χ4v) is 6.20. The van der Waals surface area contributed by atoms with Crippen LogP contribution in [0.5, 0.6) is 11.8 Å². The first-order valence-electron chi connectivity index (χ1n) is 17.1. The van der Waals surface area contributed by atoms with Crippen LogP contribution in [0.4, 0.5) is 10.6 Å². The number of rotatable bonds is 10. The maximum Gasteiger partial charge on any atom is 0.410 e. The number of likely N-dealkylation sites (tertiary alicyclic amines) is 1. The Labute approximate surface area is 284 Å². The number of benzene rings is 2. The number of amides is 1. The zero-order valence-electron chi connectivity index (χ0n) is 28.4. The predicted octanol–water partition coefficient (Wildman–Crippen LogP) is 7.07. The first-order valence-corrected chi connectivity index (χ1v) is 17.1. The van der Waals surface area contributed by atoms with Gasteiger partial charge in [-0.1, -0.05) is 60.7 Å². The molecule has 48 heavy (non-hydrogen) atoms. The largest absolute Gasteiger partial charge is 0.473 e. The Hall–Kier alpha value is -4.63. The van der Waals surface area contributed by atoms with Crippen LogP contribution >= 0.6 is 0 Å². The molecule has 0 saturated carbocycles. The number of carbonyl (C=O) groups excluding carboxylic acids is 1. The molecule has 9 nitrogen and oxygen atoms in total. The minimum Gasteiger partial charge on any atom is -0.473 e. The van der Waals surface area contributed by atoms with Crippen molar-refractivity contribution in [1.29, 1.82) is 0 Å². The Morgan fingerprint density at radius 1 is 0.792 bits per heavy atom. The highest BCUT2D eigenvalue weighted by Gasteiger charge is 2.29. The molecule has 9 heteroatoms. The number of pyridine rings is 2. The molecule has 2 fully saturated rings. The van der Waals surface area contributed by atoms with Gasteiger partial charge in [0.15, 0.2) is 0 Å². The number of anilines is 1. The second-order valence-corrected chi connectivity index (χ2v) is 13.7. The summed E-state index contributed by atoms with van der Waals surface area (Å²) < 4.78 is 17.9. The second kappa shape index (κ2) is 15.5. The number of hydrogen-bond acceptors (Lipinski definition) is 8. The fraction of sp³-hybridized carbons (Fsp3) is 0.410. The van der Waals surface area contributed by atoms with Crippen molar-refractivity contribution in [2.24, 2.45) is 5.92 Å². The molecule has 0 spiro atoms. The van der Waals surface area contributed by atoms with Crippen LogP contribution < -0.4 is 14.4 Å². The maximum atomic E-state index is 12.5. The molecular formula is C39H47N5O4. The van der Waals surface area contributed by atoms with Crippen molar-refractivity contribution >= 4 is 11.9 Å². The van der Waals surface area contributed by atoms with Crippen LogP contribution in [0.25, 0.3) is 11.1 Å². The highest BCUT2D eigenvalue weighted by molar-refractivity contribution is 5.71. The van der Waals surface area contributed by atoms with E-state index in [1.54, 1.807) is 0 Å². The molecule has 252 valence electrons. The Bertz CT molecular complexity index is 1610. The third-order valence-electron chi connectivity index (χ3n) is 8.82. The Kier molecular flexibility index (Phi) is 10.8. The molecular weight excluding hydrogens is 602 g/mol. The van der Waals surface area contributed by atoms with Crippen molar-refractivity contribution in [3.63, 3.8) is 0 Å². The van der Waals surface area contributed by atoms with Gasteiger partial charge in [0.25, 0.3) is 0 Å². The molecule has 4 heterocycles. The Morgan fingerprint density at radius 3 is 2.08 bits per heavy atom. The van der Waals surface area contributed by atoms with E-state index in [0.29, 0.717) is 30.9 Å². The number of aromatic nitrogens is 2. The first kappa shape index (κ1) is 33.3. The number of piperazine rings is 1. The van der Waals surface area contributed by atoms with Crippen molar-refractivity contribution in [3.05, 3.63) is 102 Å². The topological polar surface area (TPSA) is 80.3 Å². The maximum absolute atomic E-state index is 12.5. The van der Waals surface area contributed by atoms with Crippen LogP contribution in [0.2, 0.25) is 0 Å². The molecule has 0 bridgehead atoms. The van der Waals surface area contributed by atoms with E-state index in [1.165, 1.54) is 0 Å². The van der Waals surface area contributed by atoms with Gasteiger partial charge in [0.2, 0.25) is 11.8 Å². The van der Waals surface area contributed by atoms with Gasteiger partial charge in [-0.3, -0.25) is 4.90 Å². The lowest BCUT2D eigenvalue weighted by molar-refractivity contribution is 0.0169. The van der Waals surface area contributed by atoms with Gasteiger partial charge in [-0.05, 0) is 74.4 Å². The molecule has 6 rings (SSSR count). The summed E-state index contributed by atoms with van der Waals surface area (Å²) in [7, 11) is 0. The van der Waals surface area contributed by atoms with Crippen molar-refractivity contribution in [2.45, 2.75) is 52.4 Å². The highest BCUT2D eigenvalue weighted by Crippen LogP contribution is 2.33. The van der Waals surface area contributed by atoms with E-state index in [9.17, 15) is 4.79 Å². The lowest BCUT2D eigenvalue weighted by Gasteiger charge is -2.39. The Morgan fingerprint density at radius 2 is 1.44 bits per heavy atom. The fourth-order valence-electron chi connectivity index (χ4n) is 6.20. The van der Waals surface area contributed by atoms with Crippen LogP contribution in [0.3, 0.4) is 0 Å². The number of nitrogens with zero attached hydrogens (tertiary/aromatic N) is 5. The molecule has 0 atom stereocenters. The zero-order chi connectivity index (χ0) is 33.3. The normalized spacial score (nSPS) is 16.1. The third-order valence-corrected chi connectivity index (χ3v) is 8.82. The summed E-state index contributed by atoms with van der Waals surface area (Å²) in [6.07, 6.45) is 3.71. The molecule has 2 aromatic heterocycles. The van der Waals surface area contributed by atoms with Crippen LogP contribution in [0, 0.1) is 5.92 Å². The number of hydrogen-bond donors (Lipinski definition) is 0. The molecule has 2 saturated heterocycles. The SMILES string of the molecule is CC(C)(C)OC(=O)N1CCC(CN2CCN(c3cc(-c4ccc(OCc5ccccc5)nc4OCc4ccccc4)ccn3)CC2)CC1. The van der Waals surface area contributed by atoms with Gasteiger partial charge in [-0.15, -0.1) is 0 Å². The van der Waals surface area contributed by atoms with Gasteiger partial charge in [-0.25, -0.2) is 9.78 Å². The van der Waals surface area contributed by atoms with E-state index in [4.69, 9.17) is 24.2 Å². The molecule has 0 N–H and O–H groups in total. The van der Waals surface area contributed by atoms with Gasteiger partial charge in [0, 0.05) is 63.6 Å². The molecule has 2 aromatic carbocycles. The van der Waals surface area contributed by atoms with E-state index in [1.807, 2.05) is 111 Å². The monoisotopic (exact) mass is 649 g/mol. The molecule has 0 radical (unpaired) electrons. The molecule has 0 aliphatic carbocycles. The lowest BCUT2D eigenvalue weighted by atomic mass is 9.96. The summed E-state index contributed by atoms with van der Waals surface area (Å²) in [5.74, 6) is 2.60. The minimum atomic E-state index is -0.459. The summed E-state index contributed by atoms with van der Waals surface area (Å²) in [5, 5.41) is 0. The summed E-state index contributed by atoms with van der Waals surface area (Å²) in [5.41, 5.74) is 3.60. The Balaban J connectivity index is 1.07. The van der Waals surface area contributed by atoms with E-state index in [0.717, 1.165) is 86.7 Å². The first-order chi connectivity index (χ1) is 23.3. The van der Waals surface area contributed by atoms with Crippen molar-refractivity contribution in [2.75, 3.05) is 50.7 Å². The van der Waals surface area contributed by atoms with Gasteiger partial charge in [0.1, 0.15) is 24.6 Å². The van der Waals surface area contributed by atoms with Crippen molar-refractivity contribution in [3.8, 4) is 22.9 Å². The van der Waals surface area contributed by atoms with Crippen LogP contribution in [0.15, 0.2) is 91.1 Å². The standard InChI is InChI=1S/C39H47N5O4/c1-39(2,3)48-38(45)44-20-17-30(18-21-44)27-42-22-24-43(25-23-42)35-26-33(16-19-40-35)34-14-15-36(46-28-31-10-6-4-7-11-31)41-37(34)47-29-32-12-8-5-9-13-32/h4-16,19,26,30H,17-18,20-25,27-29H2,1-3H3. The molecule has 2 aliphatic heterocycles. The van der Waals surface area contributed by atoms with Gasteiger partial charge < -0.3 is 24.0 Å². The zero-order valence-corrected chi connectivity index (χ0v) is 28.4. The predicted molar refractivity (Wildman–Crippen MR) is 188 cm³/mol. The van der Waals surface area contributed by atoms with Crippen LogP contribution in [0.1, 0.15) is 44.7 Å². The smallest absolute Gasteiger partial charge is 0.410 e. The average Bonchev–Trinajstić information content (AvgIpc) is 3.11. The van der Waals surface area contributed by atoms with E-state index in [2.05, 4.69) is 15.9 Å². The van der Waals surface area contributed by atoms with Crippen LogP contribution in [-0.2, 0) is 18.0 Å². The number of ether oxygens (including phenoxy) is 3. The second-order valence-electron chi connectivity index (χ2n) is 13.7. The molecule has 1 amide bonds. The average molecular weight is 650 g/mol. The number of carbonyl (C=O) groups is 1. The molecule has 2 aliphatic rings. The van der Waals surface area contributed by atoms with E-state index in [-0.39, 0.29) is 6.09 Å². The van der Waals surface area contributed by atoms with Crippen molar-refractivity contribution < 1.29 is 19.0 Å². The third kappa shape index (κ3) is 9.25. The van der Waals surface area contributed by atoms with Crippen LogP contribution in [-0.4, -0.2) is 77.3 Å². The highest BCUT2D eigenvalue weighted by atomic mass is 16.6. The minimum absolute atomic E-state index is 0.192. The van der Waals surface area contributed by atoms with Gasteiger partial charge >= 0.3 is 6.09 Å². The molecule has 0 unspecified atom stereocenters. The summed E-state index contributed by atoms with van der Waals surface area (Å²) in [4.78, 5) is 28.8. The number of piperidine rings is 1. The molecule has 4 aromatic rings. The van der Waals surface area contributed by atoms with Crippen molar-refractivity contribution in [1.82, 2.24) is 19.8 Å².